The van der Waals surface area contributed by atoms with Crippen LogP contribution in [0, 0.1) is 5.82 Å². The van der Waals surface area contributed by atoms with Gasteiger partial charge in [0.1, 0.15) is 24.0 Å². The Balaban J connectivity index is 1.79. The quantitative estimate of drug-likeness (QED) is 0.199. The van der Waals surface area contributed by atoms with Crippen molar-refractivity contribution in [1.82, 2.24) is 9.66 Å². The van der Waals surface area contributed by atoms with Crippen LogP contribution in [0.2, 0.25) is 5.02 Å². The van der Waals surface area contributed by atoms with Crippen LogP contribution in [0.15, 0.2) is 73.4 Å². The summed E-state index contributed by atoms with van der Waals surface area (Å²) in [6.07, 6.45) is 2.29. The Morgan fingerprint density at radius 1 is 1.20 bits per heavy atom. The second kappa shape index (κ2) is 11.0. The van der Waals surface area contributed by atoms with Crippen LogP contribution in [0.25, 0.3) is 10.9 Å². The second-order valence-electron chi connectivity index (χ2n) is 7.99. The van der Waals surface area contributed by atoms with Gasteiger partial charge in [0.05, 0.1) is 21.6 Å². The average Bonchev–Trinajstić information content (AvgIpc) is 2.83. The molecule has 0 N–H and O–H groups in total. The summed E-state index contributed by atoms with van der Waals surface area (Å²) in [6.45, 7) is 4.04. The molecule has 0 amide bonds. The van der Waals surface area contributed by atoms with Crippen LogP contribution in [-0.4, -0.2) is 15.9 Å². The van der Waals surface area contributed by atoms with Gasteiger partial charge in [-0.2, -0.15) is 9.78 Å². The summed E-state index contributed by atoms with van der Waals surface area (Å²) in [5.41, 5.74) is 1.27. The smallest absolute Gasteiger partial charge is 0.282 e. The van der Waals surface area contributed by atoms with Gasteiger partial charge in [-0.3, -0.25) is 4.79 Å². The average molecular weight is 622 g/mol. The summed E-state index contributed by atoms with van der Waals surface area (Å²) in [6, 6.07) is 15.2. The van der Waals surface area contributed by atoms with E-state index in [-0.39, 0.29) is 23.9 Å². The van der Waals surface area contributed by atoms with Crippen molar-refractivity contribution < 1.29 is 9.13 Å². The van der Waals surface area contributed by atoms with Crippen LogP contribution in [0.1, 0.15) is 43.1 Å². The van der Waals surface area contributed by atoms with Crippen LogP contribution in [0.4, 0.5) is 4.39 Å². The Hall–Kier alpha value is -2.55. The summed E-state index contributed by atoms with van der Waals surface area (Å²) in [5.74, 6) is 0.622. The molecule has 180 valence electrons. The first kappa shape index (κ1) is 25.5. The lowest BCUT2D eigenvalue weighted by Gasteiger charge is -2.15. The van der Waals surface area contributed by atoms with Crippen molar-refractivity contribution in [3.63, 3.8) is 0 Å². The van der Waals surface area contributed by atoms with E-state index < -0.39 is 0 Å². The van der Waals surface area contributed by atoms with E-state index in [1.807, 2.05) is 26.0 Å². The van der Waals surface area contributed by atoms with Crippen molar-refractivity contribution in [2.45, 2.75) is 32.8 Å². The maximum absolute atomic E-state index is 14.1. The number of nitrogens with zero attached hydrogens (tertiary/aromatic N) is 3. The third-order valence-corrected chi connectivity index (χ3v) is 6.87. The number of benzene rings is 3. The standard InChI is InChI=1S/C26H21Br2ClFN3O2/c1-3-15(2)25-32-23-9-8-18(27)11-20(23)26(34)33(25)31-13-17-10-19(29)12-21(28)24(17)35-14-16-6-4-5-7-22(16)30/h4-13,15H,3,14H2,1-2H3/t15-/m0/s1. The highest BCUT2D eigenvalue weighted by Gasteiger charge is 2.17. The molecule has 1 aromatic heterocycles. The van der Waals surface area contributed by atoms with Gasteiger partial charge >= 0.3 is 0 Å². The molecule has 0 aliphatic heterocycles. The lowest BCUT2D eigenvalue weighted by Crippen LogP contribution is -2.23. The predicted molar refractivity (Wildman–Crippen MR) is 145 cm³/mol. The first-order valence-electron chi connectivity index (χ1n) is 10.9. The van der Waals surface area contributed by atoms with Gasteiger partial charge < -0.3 is 4.74 Å². The Morgan fingerprint density at radius 3 is 2.71 bits per heavy atom. The molecular formula is C26H21Br2ClFN3O2. The van der Waals surface area contributed by atoms with Gasteiger partial charge in [-0.15, -0.1) is 0 Å². The van der Waals surface area contributed by atoms with Crippen molar-refractivity contribution >= 4 is 60.6 Å². The number of ether oxygens (including phenoxy) is 1. The normalized spacial score (nSPS) is 12.4. The van der Waals surface area contributed by atoms with Crippen LogP contribution in [-0.2, 0) is 6.61 Å². The van der Waals surface area contributed by atoms with Crippen LogP contribution >= 0.6 is 43.5 Å². The largest absolute Gasteiger partial charge is 0.487 e. The molecule has 0 aliphatic rings. The third kappa shape index (κ3) is 5.66. The highest BCUT2D eigenvalue weighted by Crippen LogP contribution is 2.33. The molecule has 0 bridgehead atoms. The molecule has 9 heteroatoms. The zero-order valence-electron chi connectivity index (χ0n) is 18.9. The van der Waals surface area contributed by atoms with Crippen molar-refractivity contribution in [3.05, 3.63) is 102 Å². The van der Waals surface area contributed by atoms with Crippen molar-refractivity contribution in [2.24, 2.45) is 5.10 Å². The third-order valence-electron chi connectivity index (χ3n) is 5.57. The molecule has 0 saturated heterocycles. The summed E-state index contributed by atoms with van der Waals surface area (Å²) in [5, 5.41) is 5.41. The van der Waals surface area contributed by atoms with Gasteiger partial charge in [0.25, 0.3) is 5.56 Å². The molecule has 1 heterocycles. The minimum atomic E-state index is -0.356. The van der Waals surface area contributed by atoms with Gasteiger partial charge in [0.2, 0.25) is 0 Å². The Kier molecular flexibility index (Phi) is 8.04. The van der Waals surface area contributed by atoms with E-state index in [1.165, 1.54) is 17.0 Å². The predicted octanol–water partition coefficient (Wildman–Crippen LogP) is 7.69. The highest BCUT2D eigenvalue weighted by atomic mass is 79.9. The van der Waals surface area contributed by atoms with Crippen LogP contribution in [0.5, 0.6) is 5.75 Å². The van der Waals surface area contributed by atoms with E-state index in [9.17, 15) is 9.18 Å². The van der Waals surface area contributed by atoms with E-state index >= 15 is 0 Å². The Morgan fingerprint density at radius 2 is 1.97 bits per heavy atom. The lowest BCUT2D eigenvalue weighted by molar-refractivity contribution is 0.297. The number of aromatic nitrogens is 2. The Labute approximate surface area is 223 Å². The fourth-order valence-electron chi connectivity index (χ4n) is 3.49. The molecule has 0 aliphatic carbocycles. The summed E-state index contributed by atoms with van der Waals surface area (Å²) in [4.78, 5) is 18.1. The lowest BCUT2D eigenvalue weighted by atomic mass is 10.1. The zero-order valence-corrected chi connectivity index (χ0v) is 22.9. The molecule has 1 atom stereocenters. The monoisotopic (exact) mass is 619 g/mol. The van der Waals surface area contributed by atoms with Crippen molar-refractivity contribution in [3.8, 4) is 5.75 Å². The first-order valence-corrected chi connectivity index (χ1v) is 12.9. The van der Waals surface area contributed by atoms with Crippen LogP contribution < -0.4 is 10.3 Å². The topological polar surface area (TPSA) is 56.5 Å². The summed E-state index contributed by atoms with van der Waals surface area (Å²) >= 11 is 13.2. The second-order valence-corrected chi connectivity index (χ2v) is 10.2. The van der Waals surface area contributed by atoms with Gasteiger partial charge in [-0.25, -0.2) is 9.37 Å². The molecule has 0 saturated carbocycles. The van der Waals surface area contributed by atoms with Crippen LogP contribution in [0.3, 0.4) is 0 Å². The molecular weight excluding hydrogens is 601 g/mol. The molecule has 4 rings (SSSR count). The minimum absolute atomic E-state index is 0.00392. The SMILES string of the molecule is CC[C@H](C)c1nc2ccc(Br)cc2c(=O)n1N=Cc1cc(Cl)cc(Br)c1OCc1ccccc1F. The molecule has 35 heavy (non-hydrogen) atoms. The van der Waals surface area contributed by atoms with Gasteiger partial charge in [0.15, 0.2) is 0 Å². The number of hydrogen-bond acceptors (Lipinski definition) is 4. The number of fused-ring (bicyclic) bond motifs is 1. The molecule has 0 fully saturated rings. The maximum atomic E-state index is 14.1. The molecule has 0 radical (unpaired) electrons. The molecule has 5 nitrogen and oxygen atoms in total. The minimum Gasteiger partial charge on any atom is -0.487 e. The van der Waals surface area contributed by atoms with Gasteiger partial charge in [-0.05, 0) is 58.7 Å². The van der Waals surface area contributed by atoms with Crippen molar-refractivity contribution in [1.29, 1.82) is 0 Å². The molecule has 3 aromatic carbocycles. The van der Waals surface area contributed by atoms with E-state index in [0.717, 1.165) is 10.9 Å². The van der Waals surface area contributed by atoms with Gasteiger partial charge in [-0.1, -0.05) is 59.6 Å². The zero-order chi connectivity index (χ0) is 25.1. The Bertz CT molecular complexity index is 1490. The highest BCUT2D eigenvalue weighted by molar-refractivity contribution is 9.10. The number of hydrogen-bond donors (Lipinski definition) is 0. The molecule has 0 spiro atoms. The fourth-order valence-corrected chi connectivity index (χ4v) is 4.80. The first-order chi connectivity index (χ1) is 16.8. The van der Waals surface area contributed by atoms with E-state index in [1.54, 1.807) is 36.4 Å². The number of halogens is 4. The van der Waals surface area contributed by atoms with E-state index in [0.29, 0.717) is 43.1 Å². The summed E-state index contributed by atoms with van der Waals surface area (Å²) in [7, 11) is 0. The van der Waals surface area contributed by atoms with E-state index in [2.05, 4.69) is 37.0 Å². The summed E-state index contributed by atoms with van der Waals surface area (Å²) < 4.78 is 22.7. The van der Waals surface area contributed by atoms with Gasteiger partial charge in [0, 0.05) is 26.5 Å². The molecule has 0 unspecified atom stereocenters. The van der Waals surface area contributed by atoms with Crippen molar-refractivity contribution in [2.75, 3.05) is 0 Å². The molecule has 4 aromatic rings. The van der Waals surface area contributed by atoms with E-state index in [4.69, 9.17) is 21.3 Å². The maximum Gasteiger partial charge on any atom is 0.282 e. The number of rotatable bonds is 7. The fraction of sp³-hybridized carbons (Fsp3) is 0.192.